The fourth-order valence-corrected chi connectivity index (χ4v) is 4.76. The molecule has 0 saturated heterocycles. The largest absolute Gasteiger partial charge is 0.483 e. The first-order chi connectivity index (χ1) is 13.6. The van der Waals surface area contributed by atoms with Crippen LogP contribution in [0.2, 0.25) is 5.02 Å². The maximum absolute atomic E-state index is 9.94. The molecule has 2 heterocycles. The smallest absolute Gasteiger partial charge is 0.236 e. The van der Waals surface area contributed by atoms with Gasteiger partial charge in [0, 0.05) is 15.1 Å². The van der Waals surface area contributed by atoms with Crippen molar-refractivity contribution >= 4 is 39.4 Å². The highest BCUT2D eigenvalue weighted by molar-refractivity contribution is 7.19. The predicted molar refractivity (Wildman–Crippen MR) is 113 cm³/mol. The molecule has 0 saturated carbocycles. The van der Waals surface area contributed by atoms with Gasteiger partial charge in [-0.15, -0.1) is 11.3 Å². The molecule has 0 fully saturated rings. The van der Waals surface area contributed by atoms with Gasteiger partial charge in [0.1, 0.15) is 11.6 Å². The number of nitriles is 1. The van der Waals surface area contributed by atoms with E-state index in [2.05, 4.69) is 24.1 Å². The molecule has 1 aliphatic rings. The Kier molecular flexibility index (Phi) is 5.08. The minimum atomic E-state index is -0.267. The second kappa shape index (κ2) is 7.67. The molecule has 28 heavy (non-hydrogen) atoms. The van der Waals surface area contributed by atoms with Crippen LogP contribution < -0.4 is 4.74 Å². The number of hydrogen-bond acceptors (Lipinski definition) is 5. The van der Waals surface area contributed by atoms with E-state index in [1.165, 1.54) is 12.0 Å². The van der Waals surface area contributed by atoms with Gasteiger partial charge in [-0.2, -0.15) is 10.3 Å². The van der Waals surface area contributed by atoms with Gasteiger partial charge in [0.05, 0.1) is 17.4 Å². The first-order valence-corrected chi connectivity index (χ1v) is 10.1. The van der Waals surface area contributed by atoms with Gasteiger partial charge in [-0.05, 0) is 43.2 Å². The molecule has 0 bridgehead atoms. The Morgan fingerprint density at radius 2 is 2.07 bits per heavy atom. The molecular formula is C22H17ClN2O2S. The minimum Gasteiger partial charge on any atom is -0.483 e. The van der Waals surface area contributed by atoms with Crippen molar-refractivity contribution in [3.05, 3.63) is 74.9 Å². The van der Waals surface area contributed by atoms with Gasteiger partial charge in [-0.1, -0.05) is 35.9 Å². The zero-order chi connectivity index (χ0) is 19.7. The number of aryl methyl sites for hydroxylation is 1. The second-order valence-corrected chi connectivity index (χ2v) is 7.84. The molecule has 2 aromatic carbocycles. The van der Waals surface area contributed by atoms with Gasteiger partial charge in [-0.25, -0.2) is 0 Å². The van der Waals surface area contributed by atoms with Crippen LogP contribution in [0, 0.1) is 18.3 Å². The van der Waals surface area contributed by atoms with Crippen molar-refractivity contribution in [3.8, 4) is 11.8 Å². The van der Waals surface area contributed by atoms with Crippen LogP contribution in [-0.2, 0) is 4.74 Å². The number of allylic oxidation sites excluding steroid dienone is 1. The molecule has 0 N–H and O–H groups in total. The number of nitrogens with zero attached hydrogens (tertiary/aromatic N) is 2. The number of benzene rings is 2. The first kappa shape index (κ1) is 18.5. The summed E-state index contributed by atoms with van der Waals surface area (Å²) in [7, 11) is 0. The lowest BCUT2D eigenvalue weighted by atomic mass is 9.88. The van der Waals surface area contributed by atoms with E-state index in [4.69, 9.17) is 21.1 Å². The Labute approximate surface area is 172 Å². The maximum Gasteiger partial charge on any atom is 0.236 e. The van der Waals surface area contributed by atoms with Crippen molar-refractivity contribution in [2.24, 2.45) is 4.99 Å². The van der Waals surface area contributed by atoms with Crippen molar-refractivity contribution < 1.29 is 9.47 Å². The Morgan fingerprint density at radius 1 is 1.29 bits per heavy atom. The fraction of sp³-hybridized carbons (Fsp3) is 0.182. The Balaban J connectivity index is 1.96. The highest BCUT2D eigenvalue weighted by atomic mass is 35.5. The van der Waals surface area contributed by atoms with Crippen LogP contribution in [0.15, 0.2) is 58.9 Å². The average Bonchev–Trinajstić information content (AvgIpc) is 3.07. The first-order valence-electron chi connectivity index (χ1n) is 8.87. The lowest BCUT2D eigenvalue weighted by Crippen LogP contribution is -2.14. The summed E-state index contributed by atoms with van der Waals surface area (Å²) in [5.41, 5.74) is 2.60. The Morgan fingerprint density at radius 3 is 2.79 bits per heavy atom. The van der Waals surface area contributed by atoms with Gasteiger partial charge in [-0.3, -0.25) is 0 Å². The van der Waals surface area contributed by atoms with E-state index in [1.807, 2.05) is 43.3 Å². The zero-order valence-electron chi connectivity index (χ0n) is 15.4. The molecular weight excluding hydrogens is 392 g/mol. The predicted octanol–water partition coefficient (Wildman–Crippen LogP) is 6.19. The molecule has 0 radical (unpaired) electrons. The number of fused-ring (bicyclic) bond motifs is 3. The topological polar surface area (TPSA) is 54.6 Å². The monoisotopic (exact) mass is 408 g/mol. The summed E-state index contributed by atoms with van der Waals surface area (Å²) in [6.45, 7) is 4.44. The minimum absolute atomic E-state index is 0.267. The summed E-state index contributed by atoms with van der Waals surface area (Å²) >= 11 is 7.74. The zero-order valence-corrected chi connectivity index (χ0v) is 17.0. The highest BCUT2D eigenvalue weighted by Crippen LogP contribution is 2.51. The van der Waals surface area contributed by atoms with Crippen molar-refractivity contribution in [1.82, 2.24) is 0 Å². The van der Waals surface area contributed by atoms with E-state index >= 15 is 0 Å². The van der Waals surface area contributed by atoms with Crippen LogP contribution in [0.5, 0.6) is 5.75 Å². The summed E-state index contributed by atoms with van der Waals surface area (Å²) in [6.07, 6.45) is 1.33. The van der Waals surface area contributed by atoms with E-state index in [-0.39, 0.29) is 11.8 Å². The molecule has 0 amide bonds. The molecule has 6 heteroatoms. The van der Waals surface area contributed by atoms with Gasteiger partial charge in [0.25, 0.3) is 0 Å². The van der Waals surface area contributed by atoms with Crippen molar-refractivity contribution in [2.45, 2.75) is 19.8 Å². The van der Waals surface area contributed by atoms with Crippen LogP contribution in [-0.4, -0.2) is 13.0 Å². The van der Waals surface area contributed by atoms with Crippen molar-refractivity contribution in [2.75, 3.05) is 6.61 Å². The number of halogens is 1. The van der Waals surface area contributed by atoms with E-state index in [0.717, 1.165) is 26.3 Å². The summed E-state index contributed by atoms with van der Waals surface area (Å²) in [5.74, 6) is 0.757. The summed E-state index contributed by atoms with van der Waals surface area (Å²) in [5, 5.41) is 11.6. The van der Waals surface area contributed by atoms with E-state index in [1.54, 1.807) is 11.3 Å². The van der Waals surface area contributed by atoms with Crippen LogP contribution >= 0.6 is 22.9 Å². The standard InChI is InChI=1S/C22H17ClN2O2S/c1-3-26-12-25-22-17(11-24)18(14-7-9-15(23)10-8-14)21-19(27-22)16-6-4-5-13(2)20(16)28-21/h4-10,12,18H,3H2,1-2H3/b25-12+. The summed E-state index contributed by atoms with van der Waals surface area (Å²) < 4.78 is 12.5. The molecule has 1 aliphatic heterocycles. The Bertz CT molecular complexity index is 1140. The van der Waals surface area contributed by atoms with E-state index in [0.29, 0.717) is 17.2 Å². The third-order valence-corrected chi connectivity index (χ3v) is 6.25. The van der Waals surface area contributed by atoms with Crippen LogP contribution in [0.4, 0.5) is 0 Å². The molecule has 1 aromatic heterocycles. The van der Waals surface area contributed by atoms with E-state index < -0.39 is 0 Å². The van der Waals surface area contributed by atoms with Gasteiger partial charge in [0.15, 0.2) is 12.2 Å². The van der Waals surface area contributed by atoms with Crippen molar-refractivity contribution in [3.63, 3.8) is 0 Å². The number of ether oxygens (including phenoxy) is 2. The van der Waals surface area contributed by atoms with Crippen LogP contribution in [0.1, 0.15) is 28.8 Å². The third-order valence-electron chi connectivity index (χ3n) is 4.61. The summed E-state index contributed by atoms with van der Waals surface area (Å²) in [4.78, 5) is 5.29. The normalized spacial score (nSPS) is 16.1. The van der Waals surface area contributed by atoms with Crippen LogP contribution in [0.25, 0.3) is 10.1 Å². The molecule has 4 rings (SSSR count). The second-order valence-electron chi connectivity index (χ2n) is 6.35. The lowest BCUT2D eigenvalue weighted by molar-refractivity contribution is 0.336. The van der Waals surface area contributed by atoms with Crippen molar-refractivity contribution in [1.29, 1.82) is 5.26 Å². The van der Waals surface area contributed by atoms with E-state index in [9.17, 15) is 5.26 Å². The van der Waals surface area contributed by atoms with Gasteiger partial charge < -0.3 is 9.47 Å². The number of rotatable bonds is 4. The molecule has 140 valence electrons. The molecule has 0 aliphatic carbocycles. The lowest BCUT2D eigenvalue weighted by Gasteiger charge is -2.23. The fourth-order valence-electron chi connectivity index (χ4n) is 3.30. The highest BCUT2D eigenvalue weighted by Gasteiger charge is 2.35. The molecule has 0 spiro atoms. The number of hydrogen-bond donors (Lipinski definition) is 0. The average molecular weight is 409 g/mol. The van der Waals surface area contributed by atoms with Gasteiger partial charge in [0.2, 0.25) is 5.88 Å². The quantitative estimate of drug-likeness (QED) is 0.382. The molecule has 3 aromatic rings. The SMILES string of the molecule is CCO/C=N/C1=C(C#N)C(c2ccc(Cl)cc2)c2sc3c(C)cccc3c2O1. The molecule has 4 nitrogen and oxygen atoms in total. The molecule has 1 unspecified atom stereocenters. The Hall–Kier alpha value is -2.81. The van der Waals surface area contributed by atoms with Gasteiger partial charge >= 0.3 is 0 Å². The maximum atomic E-state index is 9.94. The third kappa shape index (κ3) is 3.15. The number of thiophene rings is 1. The number of aliphatic imine (C=N–C) groups is 1. The van der Waals surface area contributed by atoms with Crippen LogP contribution in [0.3, 0.4) is 0 Å². The summed E-state index contributed by atoms with van der Waals surface area (Å²) in [6, 6.07) is 16.0. The molecule has 1 atom stereocenters.